The third-order valence-corrected chi connectivity index (χ3v) is 2.02. The highest BCUT2D eigenvalue weighted by Crippen LogP contribution is 2.31. The highest BCUT2D eigenvalue weighted by atomic mass is 127. The van der Waals surface area contributed by atoms with E-state index >= 15 is 0 Å². The van der Waals surface area contributed by atoms with Gasteiger partial charge in [-0.05, 0) is 40.8 Å². The monoisotopic (exact) mass is 260 g/mol. The largest absolute Gasteiger partial charge is 0.458 e. The molecule has 1 aliphatic heterocycles. The second kappa shape index (κ2) is 2.73. The lowest BCUT2D eigenvalue weighted by molar-refractivity contribution is 0.361. The molecule has 3 heteroatoms. The van der Waals surface area contributed by atoms with E-state index in [-0.39, 0.29) is 0 Å². The maximum absolute atomic E-state index is 5.19. The van der Waals surface area contributed by atoms with Gasteiger partial charge in [-0.15, -0.1) is 0 Å². The molecule has 0 fully saturated rings. The average molecular weight is 260 g/mol. The van der Waals surface area contributed by atoms with Gasteiger partial charge in [-0.3, -0.25) is 0 Å². The summed E-state index contributed by atoms with van der Waals surface area (Å²) in [4.78, 5) is 0. The van der Waals surface area contributed by atoms with Crippen molar-refractivity contribution in [3.8, 4) is 11.5 Å². The predicted octanol–water partition coefficient (Wildman–Crippen LogP) is 2.53. The Labute approximate surface area is 78.0 Å². The molecule has 0 saturated heterocycles. The van der Waals surface area contributed by atoms with Crippen LogP contribution in [0, 0.1) is 3.57 Å². The molecular formula is C8H5IO2. The highest BCUT2D eigenvalue weighted by molar-refractivity contribution is 14.1. The minimum absolute atomic E-state index is 0.771. The fourth-order valence-corrected chi connectivity index (χ4v) is 1.34. The van der Waals surface area contributed by atoms with Crippen molar-refractivity contribution >= 4 is 22.6 Å². The van der Waals surface area contributed by atoms with Gasteiger partial charge in [0, 0.05) is 3.57 Å². The van der Waals surface area contributed by atoms with Crippen molar-refractivity contribution in [1.82, 2.24) is 0 Å². The lowest BCUT2D eigenvalue weighted by Gasteiger charge is -2.11. The molecule has 0 aromatic heterocycles. The van der Waals surface area contributed by atoms with Crippen molar-refractivity contribution in [2.75, 3.05) is 0 Å². The molecule has 1 aromatic rings. The molecule has 2 nitrogen and oxygen atoms in total. The summed E-state index contributed by atoms with van der Waals surface area (Å²) in [7, 11) is 0. The van der Waals surface area contributed by atoms with Gasteiger partial charge in [0.05, 0.1) is 0 Å². The molecular weight excluding hydrogens is 255 g/mol. The van der Waals surface area contributed by atoms with Gasteiger partial charge in [-0.1, -0.05) is 0 Å². The van der Waals surface area contributed by atoms with E-state index in [4.69, 9.17) is 9.47 Å². The van der Waals surface area contributed by atoms with Gasteiger partial charge in [0.1, 0.15) is 12.5 Å². The number of fused-ring (bicyclic) bond motifs is 1. The molecule has 0 radical (unpaired) electrons. The summed E-state index contributed by atoms with van der Waals surface area (Å²) < 4.78 is 11.5. The maximum Gasteiger partial charge on any atom is 0.170 e. The van der Waals surface area contributed by atoms with Gasteiger partial charge >= 0.3 is 0 Å². The van der Waals surface area contributed by atoms with Gasteiger partial charge in [0.25, 0.3) is 0 Å². The summed E-state index contributed by atoms with van der Waals surface area (Å²) in [5, 5.41) is 0. The normalized spacial score (nSPS) is 13.2. The molecule has 0 N–H and O–H groups in total. The Morgan fingerprint density at radius 1 is 1.00 bits per heavy atom. The van der Waals surface area contributed by atoms with Crippen LogP contribution in [0.2, 0.25) is 0 Å². The summed E-state index contributed by atoms with van der Waals surface area (Å²) in [6, 6.07) is 5.79. The molecule has 11 heavy (non-hydrogen) atoms. The highest BCUT2D eigenvalue weighted by Gasteiger charge is 2.06. The fourth-order valence-electron chi connectivity index (χ4n) is 0.874. The Bertz CT molecular complexity index is 307. The van der Waals surface area contributed by atoms with E-state index in [0.717, 1.165) is 15.1 Å². The summed E-state index contributed by atoms with van der Waals surface area (Å²) in [6.45, 7) is 0. The Morgan fingerprint density at radius 3 is 2.55 bits per heavy atom. The first kappa shape index (κ1) is 6.97. The molecule has 56 valence electrons. The quantitative estimate of drug-likeness (QED) is 0.667. The number of benzene rings is 1. The third kappa shape index (κ3) is 1.33. The van der Waals surface area contributed by atoms with Gasteiger partial charge in [-0.2, -0.15) is 0 Å². The van der Waals surface area contributed by atoms with Crippen molar-refractivity contribution in [2.45, 2.75) is 0 Å². The molecule has 0 saturated carbocycles. The van der Waals surface area contributed by atoms with E-state index in [9.17, 15) is 0 Å². The fraction of sp³-hybridized carbons (Fsp3) is 0. The summed E-state index contributed by atoms with van der Waals surface area (Å²) in [5.41, 5.74) is 0. The van der Waals surface area contributed by atoms with Crippen molar-refractivity contribution in [1.29, 1.82) is 0 Å². The molecule has 0 aliphatic carbocycles. The molecule has 0 unspecified atom stereocenters. The zero-order chi connectivity index (χ0) is 7.68. The summed E-state index contributed by atoms with van der Waals surface area (Å²) in [5.74, 6) is 1.55. The molecule has 1 heterocycles. The SMILES string of the molecule is Ic1ccc2c(c1)OC=CO2. The number of hydrogen-bond donors (Lipinski definition) is 0. The van der Waals surface area contributed by atoms with Crippen LogP contribution >= 0.6 is 22.6 Å². The molecule has 0 bridgehead atoms. The van der Waals surface area contributed by atoms with Gasteiger partial charge in [0.15, 0.2) is 11.5 Å². The first-order chi connectivity index (χ1) is 5.36. The number of hydrogen-bond acceptors (Lipinski definition) is 2. The maximum atomic E-state index is 5.19. The van der Waals surface area contributed by atoms with E-state index in [2.05, 4.69) is 22.6 Å². The van der Waals surface area contributed by atoms with Gasteiger partial charge in [0.2, 0.25) is 0 Å². The number of ether oxygens (including phenoxy) is 2. The van der Waals surface area contributed by atoms with Crippen LogP contribution in [0.5, 0.6) is 11.5 Å². The van der Waals surface area contributed by atoms with Crippen LogP contribution in [0.1, 0.15) is 0 Å². The molecule has 1 aliphatic rings. The minimum atomic E-state index is 0.771. The Hall–Kier alpha value is -0.710. The van der Waals surface area contributed by atoms with Crippen LogP contribution in [0.3, 0.4) is 0 Å². The summed E-state index contributed by atoms with van der Waals surface area (Å²) >= 11 is 2.23. The predicted molar refractivity (Wildman–Crippen MR) is 49.6 cm³/mol. The van der Waals surface area contributed by atoms with Crippen LogP contribution in [-0.4, -0.2) is 0 Å². The topological polar surface area (TPSA) is 18.5 Å². The number of rotatable bonds is 0. The molecule has 0 amide bonds. The summed E-state index contributed by atoms with van der Waals surface area (Å²) in [6.07, 6.45) is 3.05. The van der Waals surface area contributed by atoms with Crippen LogP contribution in [0.25, 0.3) is 0 Å². The van der Waals surface area contributed by atoms with E-state index in [0.29, 0.717) is 0 Å². The van der Waals surface area contributed by atoms with Crippen molar-refractivity contribution < 1.29 is 9.47 Å². The van der Waals surface area contributed by atoms with Gasteiger partial charge < -0.3 is 9.47 Å². The van der Waals surface area contributed by atoms with E-state index in [1.807, 2.05) is 18.2 Å². The minimum Gasteiger partial charge on any atom is -0.458 e. The lowest BCUT2D eigenvalue weighted by Crippen LogP contribution is -1.95. The van der Waals surface area contributed by atoms with E-state index in [1.54, 1.807) is 0 Å². The Balaban J connectivity index is 2.48. The smallest absolute Gasteiger partial charge is 0.170 e. The molecule has 0 atom stereocenters. The molecule has 0 spiro atoms. The molecule has 1 aromatic carbocycles. The number of halogens is 1. The van der Waals surface area contributed by atoms with Crippen molar-refractivity contribution in [3.05, 3.63) is 34.3 Å². The standard InChI is InChI=1S/C8H5IO2/c9-6-1-2-7-8(5-6)11-4-3-10-7/h1-5H. The second-order valence-electron chi connectivity index (χ2n) is 2.10. The van der Waals surface area contributed by atoms with Crippen molar-refractivity contribution in [3.63, 3.8) is 0 Å². The van der Waals surface area contributed by atoms with Crippen LogP contribution in [-0.2, 0) is 0 Å². The third-order valence-electron chi connectivity index (χ3n) is 1.35. The first-order valence-corrected chi connectivity index (χ1v) is 4.22. The molecule has 2 rings (SSSR count). The second-order valence-corrected chi connectivity index (χ2v) is 3.34. The van der Waals surface area contributed by atoms with Crippen LogP contribution in [0.15, 0.2) is 30.7 Å². The average Bonchev–Trinajstić information content (AvgIpc) is 2.04. The van der Waals surface area contributed by atoms with Gasteiger partial charge in [-0.25, -0.2) is 0 Å². The zero-order valence-electron chi connectivity index (χ0n) is 5.58. The lowest BCUT2D eigenvalue weighted by atomic mass is 10.3. The van der Waals surface area contributed by atoms with Crippen LogP contribution in [0.4, 0.5) is 0 Å². The first-order valence-electron chi connectivity index (χ1n) is 3.14. The van der Waals surface area contributed by atoms with Crippen molar-refractivity contribution in [2.24, 2.45) is 0 Å². The van der Waals surface area contributed by atoms with E-state index < -0.39 is 0 Å². The van der Waals surface area contributed by atoms with Crippen LogP contribution < -0.4 is 9.47 Å². The Morgan fingerprint density at radius 2 is 1.73 bits per heavy atom. The Kier molecular flexibility index (Phi) is 1.73. The van der Waals surface area contributed by atoms with E-state index in [1.165, 1.54) is 12.5 Å². The zero-order valence-corrected chi connectivity index (χ0v) is 7.74.